The van der Waals surface area contributed by atoms with Crippen LogP contribution in [-0.2, 0) is 0 Å². The lowest BCUT2D eigenvalue weighted by Gasteiger charge is -2.17. The van der Waals surface area contributed by atoms with Crippen LogP contribution in [0, 0.1) is 0 Å². The molecule has 19 heavy (non-hydrogen) atoms. The van der Waals surface area contributed by atoms with Gasteiger partial charge >= 0.3 is 0 Å². The molecule has 0 aromatic heterocycles. The first-order valence-corrected chi connectivity index (χ1v) is 6.49. The van der Waals surface area contributed by atoms with Gasteiger partial charge in [-0.05, 0) is 37.0 Å². The first-order chi connectivity index (χ1) is 9.11. The molecule has 1 aliphatic rings. The Morgan fingerprint density at radius 2 is 1.89 bits per heavy atom. The molecule has 5 heteroatoms. The number of aliphatic hydroxyl groups excluding tert-OH is 3. The maximum atomic E-state index is 11.8. The second kappa shape index (κ2) is 6.14. The van der Waals surface area contributed by atoms with E-state index >= 15 is 0 Å². The lowest BCUT2D eigenvalue weighted by Crippen LogP contribution is -2.25. The van der Waals surface area contributed by atoms with E-state index < -0.39 is 12.2 Å². The summed E-state index contributed by atoms with van der Waals surface area (Å²) >= 11 is 0. The fraction of sp³-hybridized carbons (Fsp3) is 0.500. The summed E-state index contributed by atoms with van der Waals surface area (Å²) in [4.78, 5) is 11.8. The molecule has 1 amide bonds. The molecule has 4 N–H and O–H groups in total. The van der Waals surface area contributed by atoms with E-state index in [9.17, 15) is 15.0 Å². The van der Waals surface area contributed by atoms with Crippen molar-refractivity contribution in [2.45, 2.75) is 37.5 Å². The summed E-state index contributed by atoms with van der Waals surface area (Å²) < 4.78 is 0. The average molecular weight is 265 g/mol. The van der Waals surface area contributed by atoms with Gasteiger partial charge in [0.1, 0.15) is 6.10 Å². The van der Waals surface area contributed by atoms with E-state index in [0.717, 1.165) is 12.8 Å². The molecule has 0 spiro atoms. The van der Waals surface area contributed by atoms with Crippen molar-refractivity contribution in [3.63, 3.8) is 0 Å². The van der Waals surface area contributed by atoms with Crippen molar-refractivity contribution in [3.05, 3.63) is 35.4 Å². The van der Waals surface area contributed by atoms with Gasteiger partial charge in [-0.2, -0.15) is 0 Å². The van der Waals surface area contributed by atoms with Crippen LogP contribution in [0.15, 0.2) is 24.3 Å². The lowest BCUT2D eigenvalue weighted by atomic mass is 10.0. The van der Waals surface area contributed by atoms with E-state index in [4.69, 9.17) is 5.11 Å². The van der Waals surface area contributed by atoms with Crippen molar-refractivity contribution in [2.75, 3.05) is 6.61 Å². The van der Waals surface area contributed by atoms with Gasteiger partial charge in [-0.15, -0.1) is 0 Å². The summed E-state index contributed by atoms with van der Waals surface area (Å²) in [5.41, 5.74) is 1.07. The van der Waals surface area contributed by atoms with Gasteiger partial charge in [0.25, 0.3) is 5.91 Å². The Hall–Kier alpha value is -1.43. The van der Waals surface area contributed by atoms with E-state index in [1.165, 1.54) is 0 Å². The fourth-order valence-electron chi connectivity index (χ4n) is 1.84. The third kappa shape index (κ3) is 3.76. The quantitative estimate of drug-likeness (QED) is 0.597. The van der Waals surface area contributed by atoms with Gasteiger partial charge in [0.15, 0.2) is 0 Å². The Morgan fingerprint density at radius 3 is 2.42 bits per heavy atom. The van der Waals surface area contributed by atoms with E-state index in [0.29, 0.717) is 17.2 Å². The first-order valence-electron chi connectivity index (χ1n) is 6.49. The van der Waals surface area contributed by atoms with Crippen molar-refractivity contribution < 1.29 is 20.1 Å². The molecule has 2 rings (SSSR count). The number of carbonyl (C=O) groups is 1. The second-order valence-electron chi connectivity index (χ2n) is 4.89. The summed E-state index contributed by atoms with van der Waals surface area (Å²) in [7, 11) is 0. The number of amides is 1. The molecule has 0 radical (unpaired) electrons. The maximum absolute atomic E-state index is 11.8. The average Bonchev–Trinajstić information content (AvgIpc) is 3.22. The van der Waals surface area contributed by atoms with Crippen molar-refractivity contribution >= 4 is 5.91 Å². The van der Waals surface area contributed by atoms with Gasteiger partial charge in [-0.1, -0.05) is 12.1 Å². The van der Waals surface area contributed by atoms with E-state index in [2.05, 4.69) is 5.32 Å². The third-order valence-corrected chi connectivity index (χ3v) is 3.22. The van der Waals surface area contributed by atoms with Crippen LogP contribution in [0.25, 0.3) is 0 Å². The molecule has 1 saturated carbocycles. The standard InChI is InChI=1S/C14H19NO4/c16-8-7-12(17)13(18)9-1-3-10(4-2-9)14(19)15-11-5-6-11/h1-4,11-13,16-18H,5-8H2,(H,15,19). The third-order valence-electron chi connectivity index (χ3n) is 3.22. The molecule has 1 aromatic carbocycles. The smallest absolute Gasteiger partial charge is 0.251 e. The van der Waals surface area contributed by atoms with Crippen LogP contribution in [0.4, 0.5) is 0 Å². The van der Waals surface area contributed by atoms with Crippen molar-refractivity contribution in [1.29, 1.82) is 0 Å². The zero-order chi connectivity index (χ0) is 13.8. The van der Waals surface area contributed by atoms with Crippen LogP contribution in [0.1, 0.15) is 41.3 Å². The molecule has 0 saturated heterocycles. The van der Waals surface area contributed by atoms with Crippen LogP contribution < -0.4 is 5.32 Å². The Balaban J connectivity index is 1.98. The zero-order valence-electron chi connectivity index (χ0n) is 10.6. The summed E-state index contributed by atoms with van der Waals surface area (Å²) in [6.07, 6.45) is 0.139. The van der Waals surface area contributed by atoms with Gasteiger partial charge in [0.05, 0.1) is 6.10 Å². The molecule has 2 atom stereocenters. The van der Waals surface area contributed by atoms with Gasteiger partial charge in [-0.25, -0.2) is 0 Å². The van der Waals surface area contributed by atoms with Gasteiger partial charge in [0.2, 0.25) is 0 Å². The van der Waals surface area contributed by atoms with Crippen molar-refractivity contribution in [2.24, 2.45) is 0 Å². The maximum Gasteiger partial charge on any atom is 0.251 e. The molecular formula is C14H19NO4. The number of nitrogens with one attached hydrogen (secondary N) is 1. The Labute approximate surface area is 111 Å². The number of hydrogen-bond donors (Lipinski definition) is 4. The monoisotopic (exact) mass is 265 g/mol. The Kier molecular flexibility index (Phi) is 4.52. The minimum atomic E-state index is -1.05. The highest BCUT2D eigenvalue weighted by molar-refractivity contribution is 5.94. The van der Waals surface area contributed by atoms with Crippen LogP contribution in [0.2, 0.25) is 0 Å². The molecule has 5 nitrogen and oxygen atoms in total. The summed E-state index contributed by atoms with van der Waals surface area (Å²) in [5, 5.41) is 31.0. The number of hydrogen-bond acceptors (Lipinski definition) is 4. The summed E-state index contributed by atoms with van der Waals surface area (Å²) in [6, 6.07) is 6.80. The normalized spacial score (nSPS) is 17.8. The second-order valence-corrected chi connectivity index (χ2v) is 4.89. The molecular weight excluding hydrogens is 246 g/mol. The molecule has 1 aliphatic carbocycles. The van der Waals surface area contributed by atoms with Gasteiger partial charge in [-0.3, -0.25) is 4.79 Å². The topological polar surface area (TPSA) is 89.8 Å². The highest BCUT2D eigenvalue weighted by atomic mass is 16.3. The molecule has 0 aliphatic heterocycles. The number of benzene rings is 1. The zero-order valence-corrected chi connectivity index (χ0v) is 10.6. The van der Waals surface area contributed by atoms with Crippen LogP contribution in [0.5, 0.6) is 0 Å². The largest absolute Gasteiger partial charge is 0.396 e. The van der Waals surface area contributed by atoms with Crippen molar-refractivity contribution in [3.8, 4) is 0 Å². The van der Waals surface area contributed by atoms with Crippen LogP contribution in [-0.4, -0.2) is 40.0 Å². The van der Waals surface area contributed by atoms with Crippen LogP contribution in [0.3, 0.4) is 0 Å². The molecule has 2 unspecified atom stereocenters. The predicted molar refractivity (Wildman–Crippen MR) is 69.6 cm³/mol. The van der Waals surface area contributed by atoms with Crippen LogP contribution >= 0.6 is 0 Å². The van der Waals surface area contributed by atoms with Gasteiger partial charge < -0.3 is 20.6 Å². The number of aliphatic hydroxyl groups is 3. The summed E-state index contributed by atoms with van der Waals surface area (Å²) in [6.45, 7) is -0.180. The first kappa shape index (κ1) is 14.0. The Morgan fingerprint density at radius 1 is 1.26 bits per heavy atom. The SMILES string of the molecule is O=C(NC1CC1)c1ccc(C(O)C(O)CCO)cc1. The van der Waals surface area contributed by atoms with Crippen molar-refractivity contribution in [1.82, 2.24) is 5.32 Å². The highest BCUT2D eigenvalue weighted by Gasteiger charge is 2.24. The molecule has 1 aromatic rings. The minimum absolute atomic E-state index is 0.112. The number of carbonyl (C=O) groups excluding carboxylic acids is 1. The van der Waals surface area contributed by atoms with E-state index in [-0.39, 0.29) is 18.9 Å². The molecule has 0 heterocycles. The van der Waals surface area contributed by atoms with E-state index in [1.54, 1.807) is 24.3 Å². The molecule has 1 fully saturated rings. The lowest BCUT2D eigenvalue weighted by molar-refractivity contribution is 0.00421. The number of rotatable bonds is 6. The summed E-state index contributed by atoms with van der Waals surface area (Å²) in [5.74, 6) is -0.112. The van der Waals surface area contributed by atoms with E-state index in [1.807, 2.05) is 0 Å². The van der Waals surface area contributed by atoms with Gasteiger partial charge in [0, 0.05) is 18.2 Å². The molecule has 104 valence electrons. The Bertz CT molecular complexity index is 428. The fourth-order valence-corrected chi connectivity index (χ4v) is 1.84. The molecule has 0 bridgehead atoms. The minimum Gasteiger partial charge on any atom is -0.396 e. The highest BCUT2D eigenvalue weighted by Crippen LogP contribution is 2.21. The predicted octanol–water partition coefficient (Wildman–Crippen LogP) is 0.355.